The van der Waals surface area contributed by atoms with Gasteiger partial charge in [-0.2, -0.15) is 5.26 Å². The van der Waals surface area contributed by atoms with Crippen molar-refractivity contribution in [2.45, 2.75) is 39.3 Å². The fraction of sp³-hybridized carbons (Fsp3) is 0.222. The Morgan fingerprint density at radius 1 is 1.11 bits per heavy atom. The van der Waals surface area contributed by atoms with Gasteiger partial charge in [0.2, 0.25) is 0 Å². The zero-order valence-corrected chi connectivity index (χ0v) is 23.6. The number of nitrogens with zero attached hydrogens (tertiary/aromatic N) is 4. The lowest BCUT2D eigenvalue weighted by atomic mass is 10.1. The van der Waals surface area contributed by atoms with E-state index in [4.69, 9.17) is 23.2 Å². The van der Waals surface area contributed by atoms with Gasteiger partial charge in [-0.3, -0.25) is 9.99 Å². The third-order valence-corrected chi connectivity index (χ3v) is 7.47. The molecule has 5 rings (SSSR count). The van der Waals surface area contributed by atoms with Crippen molar-refractivity contribution in [3.8, 4) is 6.07 Å². The van der Waals surface area contributed by atoms with Crippen molar-refractivity contribution in [1.29, 1.82) is 5.26 Å². The van der Waals surface area contributed by atoms with Crippen molar-refractivity contribution in [2.24, 2.45) is 0 Å². The van der Waals surface area contributed by atoms with Crippen LogP contribution < -0.4 is 21.6 Å². The molecule has 2 aromatic heterocycles. The molecule has 11 heteroatoms. The van der Waals surface area contributed by atoms with Crippen LogP contribution in [0.1, 0.15) is 43.6 Å². The van der Waals surface area contributed by atoms with E-state index < -0.39 is 0 Å². The number of rotatable bonds is 6. The fourth-order valence-corrected chi connectivity index (χ4v) is 5.08. The summed E-state index contributed by atoms with van der Waals surface area (Å²) in [4.78, 5) is 9.03. The predicted molar refractivity (Wildman–Crippen MR) is 155 cm³/mol. The van der Waals surface area contributed by atoms with E-state index in [-0.39, 0.29) is 11.6 Å². The minimum Gasteiger partial charge on any atom is -0.371 e. The molecule has 1 aliphatic rings. The van der Waals surface area contributed by atoms with Gasteiger partial charge in [0.25, 0.3) is 0 Å². The van der Waals surface area contributed by atoms with Crippen LogP contribution in [0.5, 0.6) is 0 Å². The van der Waals surface area contributed by atoms with Crippen LogP contribution >= 0.6 is 34.5 Å². The molecule has 0 unspecified atom stereocenters. The Hall–Kier alpha value is -3.55. The number of halogens is 2. The van der Waals surface area contributed by atoms with Crippen LogP contribution in [0.25, 0.3) is 10.9 Å². The number of hydrazine groups is 2. The number of hydrogen-bond donors (Lipinski definition) is 4. The first kappa shape index (κ1) is 26.1. The largest absolute Gasteiger partial charge is 0.371 e. The normalized spacial score (nSPS) is 14.1. The van der Waals surface area contributed by atoms with Crippen LogP contribution in [0.15, 0.2) is 59.3 Å². The molecular weight excluding hydrogens is 539 g/mol. The summed E-state index contributed by atoms with van der Waals surface area (Å²) in [6.07, 6.45) is 3.56. The molecule has 0 fully saturated rings. The molecule has 38 heavy (non-hydrogen) atoms. The first-order valence-corrected chi connectivity index (χ1v) is 13.6. The lowest BCUT2D eigenvalue weighted by Gasteiger charge is -2.30. The maximum atomic E-state index is 9.86. The Morgan fingerprint density at radius 3 is 2.55 bits per heavy atom. The third-order valence-electron chi connectivity index (χ3n) is 6.17. The highest BCUT2D eigenvalue weighted by molar-refractivity contribution is 7.07. The van der Waals surface area contributed by atoms with E-state index >= 15 is 0 Å². The molecule has 0 bridgehead atoms. The lowest BCUT2D eigenvalue weighted by molar-refractivity contribution is 0.138. The summed E-state index contributed by atoms with van der Waals surface area (Å²) in [6.45, 7) is 8.29. The number of thiazole rings is 1. The molecule has 1 atom stereocenters. The Labute approximate surface area is 235 Å². The minimum atomic E-state index is -0.283. The molecule has 0 saturated carbocycles. The highest BCUT2D eigenvalue weighted by Crippen LogP contribution is 2.37. The van der Waals surface area contributed by atoms with Gasteiger partial charge in [0.1, 0.15) is 12.1 Å². The molecule has 0 saturated heterocycles. The molecule has 8 nitrogen and oxygen atoms in total. The summed E-state index contributed by atoms with van der Waals surface area (Å²) in [5.41, 5.74) is 14.0. The van der Waals surface area contributed by atoms with E-state index in [1.807, 2.05) is 53.8 Å². The van der Waals surface area contributed by atoms with Gasteiger partial charge in [0, 0.05) is 45.1 Å². The summed E-state index contributed by atoms with van der Waals surface area (Å²) < 4.78 is 0. The van der Waals surface area contributed by atoms with E-state index in [1.54, 1.807) is 5.51 Å². The SMILES string of the molecule is Cc1ccc(Nc2c(C#N)cnc3c(Cl)cc(N[C@H](C4=CN(C(C)(C)C)NN4)c4cscn4)cc23)cc1Cl. The number of benzene rings is 2. The number of nitriles is 1. The van der Waals surface area contributed by atoms with Crippen LogP contribution in [-0.4, -0.2) is 20.5 Å². The van der Waals surface area contributed by atoms with Gasteiger partial charge in [0.05, 0.1) is 38.7 Å². The van der Waals surface area contributed by atoms with E-state index in [0.717, 1.165) is 28.3 Å². The van der Waals surface area contributed by atoms with Crippen molar-refractivity contribution in [2.75, 3.05) is 10.6 Å². The van der Waals surface area contributed by atoms with Crippen LogP contribution in [0.4, 0.5) is 17.1 Å². The van der Waals surface area contributed by atoms with Crippen molar-refractivity contribution in [3.05, 3.63) is 86.2 Å². The van der Waals surface area contributed by atoms with Gasteiger partial charge in [0.15, 0.2) is 0 Å². The summed E-state index contributed by atoms with van der Waals surface area (Å²) >= 11 is 14.6. The van der Waals surface area contributed by atoms with Crippen LogP contribution in [0.2, 0.25) is 10.0 Å². The molecule has 0 amide bonds. The first-order valence-electron chi connectivity index (χ1n) is 11.9. The number of hydrogen-bond acceptors (Lipinski definition) is 9. The average Bonchev–Trinajstić information content (AvgIpc) is 3.58. The van der Waals surface area contributed by atoms with Gasteiger partial charge in [-0.25, -0.2) is 4.98 Å². The number of anilines is 3. The number of aromatic nitrogens is 2. The second-order valence-electron chi connectivity index (χ2n) is 9.95. The molecular formula is C27H26Cl2N8S. The highest BCUT2D eigenvalue weighted by atomic mass is 35.5. The molecule has 194 valence electrons. The maximum Gasteiger partial charge on any atom is 0.113 e. The second kappa shape index (κ2) is 10.3. The summed E-state index contributed by atoms with van der Waals surface area (Å²) in [6, 6.07) is 11.4. The van der Waals surface area contributed by atoms with Gasteiger partial charge in [-0.05, 0) is 57.5 Å². The van der Waals surface area contributed by atoms with E-state index in [1.165, 1.54) is 17.5 Å². The lowest BCUT2D eigenvalue weighted by Crippen LogP contribution is -2.47. The monoisotopic (exact) mass is 564 g/mol. The average molecular weight is 566 g/mol. The summed E-state index contributed by atoms with van der Waals surface area (Å²) in [7, 11) is 0. The Morgan fingerprint density at radius 2 is 1.89 bits per heavy atom. The fourth-order valence-electron chi connectivity index (χ4n) is 4.06. The maximum absolute atomic E-state index is 9.86. The Kier molecular flexibility index (Phi) is 7.07. The Balaban J connectivity index is 1.58. The van der Waals surface area contributed by atoms with Crippen LogP contribution in [0.3, 0.4) is 0 Å². The van der Waals surface area contributed by atoms with E-state index in [2.05, 4.69) is 58.4 Å². The summed E-state index contributed by atoms with van der Waals surface area (Å²) in [5, 5.41) is 22.6. The van der Waals surface area contributed by atoms with E-state index in [0.29, 0.717) is 32.2 Å². The molecule has 1 aliphatic heterocycles. The van der Waals surface area contributed by atoms with Crippen molar-refractivity contribution in [1.82, 2.24) is 25.9 Å². The molecule has 4 aromatic rings. The van der Waals surface area contributed by atoms with Gasteiger partial charge < -0.3 is 16.1 Å². The third kappa shape index (κ3) is 5.22. The molecule has 0 radical (unpaired) electrons. The van der Waals surface area contributed by atoms with E-state index in [9.17, 15) is 5.26 Å². The molecule has 0 spiro atoms. The summed E-state index contributed by atoms with van der Waals surface area (Å²) in [5.74, 6) is 0. The number of aryl methyl sites for hydroxylation is 1. The van der Waals surface area contributed by atoms with Crippen molar-refractivity contribution >= 4 is 62.5 Å². The number of fused-ring (bicyclic) bond motifs is 1. The quantitative estimate of drug-likeness (QED) is 0.198. The van der Waals surface area contributed by atoms with Crippen molar-refractivity contribution in [3.63, 3.8) is 0 Å². The van der Waals surface area contributed by atoms with Crippen LogP contribution in [0, 0.1) is 18.3 Å². The standard InChI is InChI=1S/C27H26Cl2N8S/c1-15-5-6-17(8-20(15)28)33-24-16(10-30)11-31-25-19(24)7-18(9-21(25)29)34-26(23-13-38-14-32-23)22-12-37(36-35-22)27(2,3)4/h5-9,11-14,26,34-36H,1-4H3,(H,31,33)/t26-/m1/s1. The van der Waals surface area contributed by atoms with Crippen molar-refractivity contribution < 1.29 is 0 Å². The second-order valence-corrected chi connectivity index (χ2v) is 11.5. The molecule has 3 heterocycles. The predicted octanol–water partition coefficient (Wildman–Crippen LogP) is 7.04. The Bertz CT molecular complexity index is 1570. The van der Waals surface area contributed by atoms with Crippen LogP contribution in [-0.2, 0) is 0 Å². The van der Waals surface area contributed by atoms with Gasteiger partial charge in [-0.15, -0.1) is 16.9 Å². The van der Waals surface area contributed by atoms with Gasteiger partial charge >= 0.3 is 0 Å². The zero-order valence-electron chi connectivity index (χ0n) is 21.2. The minimum absolute atomic E-state index is 0.132. The molecule has 4 N–H and O–H groups in total. The zero-order chi connectivity index (χ0) is 27.0. The smallest absolute Gasteiger partial charge is 0.113 e. The van der Waals surface area contributed by atoms with Gasteiger partial charge in [-0.1, -0.05) is 29.3 Å². The topological polar surface area (TPSA) is 101 Å². The highest BCUT2D eigenvalue weighted by Gasteiger charge is 2.29. The molecule has 2 aromatic carbocycles. The number of pyridine rings is 1. The molecule has 0 aliphatic carbocycles. The number of nitrogens with one attached hydrogen (secondary N) is 4. The first-order chi connectivity index (χ1) is 18.1.